The van der Waals surface area contributed by atoms with E-state index in [9.17, 15) is 0 Å². The third kappa shape index (κ3) is 1.99. The molecule has 1 aliphatic carbocycles. The molecule has 2 unspecified atom stereocenters. The number of rotatable bonds is 0. The zero-order chi connectivity index (χ0) is 9.97. The van der Waals surface area contributed by atoms with Gasteiger partial charge in [-0.15, -0.1) is 0 Å². The van der Waals surface area contributed by atoms with Crippen molar-refractivity contribution in [3.05, 3.63) is 11.3 Å². The van der Waals surface area contributed by atoms with Crippen LogP contribution in [0, 0.1) is 11.8 Å². The number of fused-ring (bicyclic) bond motifs is 1. The van der Waals surface area contributed by atoms with Gasteiger partial charge in [-0.2, -0.15) is 5.10 Å². The third-order valence-corrected chi connectivity index (χ3v) is 3.53. The standard InChI is InChI=1S/C12H20N2/c1-9-4-3-5-11-8-13-14-10(2)12(11)7-6-9/h8-9,11,14H,3-7H2,1-2H3. The van der Waals surface area contributed by atoms with Gasteiger partial charge in [-0.3, -0.25) is 5.43 Å². The van der Waals surface area contributed by atoms with Crippen molar-refractivity contribution < 1.29 is 0 Å². The molecule has 0 saturated heterocycles. The van der Waals surface area contributed by atoms with Crippen LogP contribution in [0.25, 0.3) is 0 Å². The van der Waals surface area contributed by atoms with E-state index < -0.39 is 0 Å². The van der Waals surface area contributed by atoms with Crippen LogP contribution in [-0.2, 0) is 0 Å². The Morgan fingerprint density at radius 3 is 3.07 bits per heavy atom. The minimum absolute atomic E-state index is 0.628. The number of nitrogens with zero attached hydrogens (tertiary/aromatic N) is 1. The summed E-state index contributed by atoms with van der Waals surface area (Å²) in [5.74, 6) is 1.53. The van der Waals surface area contributed by atoms with Crippen molar-refractivity contribution in [2.24, 2.45) is 16.9 Å². The first-order valence-electron chi connectivity index (χ1n) is 5.76. The minimum atomic E-state index is 0.628. The number of hydrogen-bond acceptors (Lipinski definition) is 2. The zero-order valence-corrected chi connectivity index (χ0v) is 9.21. The lowest BCUT2D eigenvalue weighted by Crippen LogP contribution is -2.22. The molecule has 2 atom stereocenters. The molecule has 1 saturated carbocycles. The Labute approximate surface area is 86.5 Å². The maximum absolute atomic E-state index is 4.20. The van der Waals surface area contributed by atoms with E-state index in [1.165, 1.54) is 37.8 Å². The highest BCUT2D eigenvalue weighted by molar-refractivity contribution is 5.66. The Bertz CT molecular complexity index is 265. The molecule has 1 fully saturated rings. The van der Waals surface area contributed by atoms with Crippen LogP contribution in [0.4, 0.5) is 0 Å². The van der Waals surface area contributed by atoms with Gasteiger partial charge >= 0.3 is 0 Å². The quantitative estimate of drug-likeness (QED) is 0.626. The Kier molecular flexibility index (Phi) is 2.90. The van der Waals surface area contributed by atoms with E-state index in [1.54, 1.807) is 5.57 Å². The number of allylic oxidation sites excluding steroid dienone is 2. The van der Waals surface area contributed by atoms with E-state index in [2.05, 4.69) is 30.6 Å². The van der Waals surface area contributed by atoms with Crippen molar-refractivity contribution in [3.63, 3.8) is 0 Å². The fraction of sp³-hybridized carbons (Fsp3) is 0.750. The average Bonchev–Trinajstić information content (AvgIpc) is 2.13. The smallest absolute Gasteiger partial charge is 0.0319 e. The van der Waals surface area contributed by atoms with Crippen molar-refractivity contribution >= 4 is 6.21 Å². The molecule has 2 rings (SSSR count). The number of nitrogens with one attached hydrogen (secondary N) is 1. The maximum Gasteiger partial charge on any atom is 0.0319 e. The molecule has 2 heteroatoms. The summed E-state index contributed by atoms with van der Waals surface area (Å²) in [7, 11) is 0. The monoisotopic (exact) mass is 192 g/mol. The van der Waals surface area contributed by atoms with Crippen LogP contribution in [0.3, 0.4) is 0 Å². The lowest BCUT2D eigenvalue weighted by Gasteiger charge is -2.27. The number of hydrogen-bond donors (Lipinski definition) is 1. The molecule has 1 aliphatic heterocycles. The summed E-state index contributed by atoms with van der Waals surface area (Å²) in [5.41, 5.74) is 5.99. The fourth-order valence-electron chi connectivity index (χ4n) is 2.52. The van der Waals surface area contributed by atoms with Crippen LogP contribution in [0.2, 0.25) is 0 Å². The van der Waals surface area contributed by atoms with Gasteiger partial charge in [0.2, 0.25) is 0 Å². The first kappa shape index (κ1) is 9.75. The highest BCUT2D eigenvalue weighted by Crippen LogP contribution is 2.31. The fourth-order valence-corrected chi connectivity index (χ4v) is 2.52. The van der Waals surface area contributed by atoms with E-state index in [0.29, 0.717) is 5.92 Å². The molecule has 1 N–H and O–H groups in total. The summed E-state index contributed by atoms with van der Waals surface area (Å²) in [4.78, 5) is 0. The van der Waals surface area contributed by atoms with Gasteiger partial charge < -0.3 is 0 Å². The molecule has 2 aliphatic rings. The van der Waals surface area contributed by atoms with Crippen molar-refractivity contribution in [1.82, 2.24) is 5.43 Å². The van der Waals surface area contributed by atoms with Crippen molar-refractivity contribution in [2.75, 3.05) is 0 Å². The van der Waals surface area contributed by atoms with Gasteiger partial charge in [-0.1, -0.05) is 19.8 Å². The molecule has 0 spiro atoms. The SMILES string of the molecule is CC1=C2CCC(C)CCCC2C=NN1. The van der Waals surface area contributed by atoms with E-state index in [1.807, 2.05) is 0 Å². The molecule has 0 amide bonds. The van der Waals surface area contributed by atoms with Crippen LogP contribution in [0.15, 0.2) is 16.4 Å². The normalized spacial score (nSPS) is 33.0. The molecular weight excluding hydrogens is 172 g/mol. The average molecular weight is 192 g/mol. The zero-order valence-electron chi connectivity index (χ0n) is 9.21. The van der Waals surface area contributed by atoms with E-state index in [-0.39, 0.29) is 0 Å². The van der Waals surface area contributed by atoms with Gasteiger partial charge in [0.05, 0.1) is 0 Å². The van der Waals surface area contributed by atoms with E-state index in [0.717, 1.165) is 5.92 Å². The predicted octanol–water partition coefficient (Wildman–Crippen LogP) is 3.07. The summed E-state index contributed by atoms with van der Waals surface area (Å²) >= 11 is 0. The van der Waals surface area contributed by atoms with Gasteiger partial charge in [0.1, 0.15) is 0 Å². The predicted molar refractivity (Wildman–Crippen MR) is 60.1 cm³/mol. The van der Waals surface area contributed by atoms with Crippen molar-refractivity contribution in [2.45, 2.75) is 46.0 Å². The van der Waals surface area contributed by atoms with E-state index >= 15 is 0 Å². The first-order chi connectivity index (χ1) is 6.77. The van der Waals surface area contributed by atoms with Gasteiger partial charge in [-0.05, 0) is 37.7 Å². The van der Waals surface area contributed by atoms with Crippen molar-refractivity contribution in [1.29, 1.82) is 0 Å². The highest BCUT2D eigenvalue weighted by Gasteiger charge is 2.21. The molecule has 0 aromatic heterocycles. The van der Waals surface area contributed by atoms with Crippen molar-refractivity contribution in [3.8, 4) is 0 Å². The molecule has 0 radical (unpaired) electrons. The summed E-state index contributed by atoms with van der Waals surface area (Å²) in [6.45, 7) is 4.53. The summed E-state index contributed by atoms with van der Waals surface area (Å²) in [5, 5.41) is 4.20. The molecule has 2 nitrogen and oxygen atoms in total. The van der Waals surface area contributed by atoms with Gasteiger partial charge in [0, 0.05) is 17.8 Å². The van der Waals surface area contributed by atoms with E-state index in [4.69, 9.17) is 0 Å². The molecule has 1 heterocycles. The van der Waals surface area contributed by atoms with Crippen LogP contribution >= 0.6 is 0 Å². The highest BCUT2D eigenvalue weighted by atomic mass is 15.3. The topological polar surface area (TPSA) is 24.4 Å². The third-order valence-electron chi connectivity index (χ3n) is 3.53. The Morgan fingerprint density at radius 1 is 1.36 bits per heavy atom. The molecule has 78 valence electrons. The Morgan fingerprint density at radius 2 is 2.21 bits per heavy atom. The molecule has 0 bridgehead atoms. The molecule has 0 aromatic rings. The van der Waals surface area contributed by atoms with Crippen LogP contribution in [0.1, 0.15) is 46.0 Å². The van der Waals surface area contributed by atoms with Gasteiger partial charge in [-0.25, -0.2) is 0 Å². The first-order valence-corrected chi connectivity index (χ1v) is 5.76. The minimum Gasteiger partial charge on any atom is -0.283 e. The maximum atomic E-state index is 4.20. The van der Waals surface area contributed by atoms with Crippen LogP contribution < -0.4 is 5.43 Å². The van der Waals surface area contributed by atoms with Gasteiger partial charge in [0.15, 0.2) is 0 Å². The lowest BCUT2D eigenvalue weighted by atomic mass is 9.82. The largest absolute Gasteiger partial charge is 0.283 e. The lowest BCUT2D eigenvalue weighted by molar-refractivity contribution is 0.418. The molecular formula is C12H20N2. The second-order valence-corrected chi connectivity index (χ2v) is 4.72. The summed E-state index contributed by atoms with van der Waals surface area (Å²) in [6.07, 6.45) is 8.74. The summed E-state index contributed by atoms with van der Waals surface area (Å²) < 4.78 is 0. The summed E-state index contributed by atoms with van der Waals surface area (Å²) in [6, 6.07) is 0. The molecule has 0 aromatic carbocycles. The molecule has 14 heavy (non-hydrogen) atoms. The Balaban J connectivity index is 2.12. The number of hydrazone groups is 1. The second-order valence-electron chi connectivity index (χ2n) is 4.72. The van der Waals surface area contributed by atoms with Crippen LogP contribution in [-0.4, -0.2) is 6.21 Å². The second kappa shape index (κ2) is 4.16. The Hall–Kier alpha value is -0.790. The van der Waals surface area contributed by atoms with Crippen LogP contribution in [0.5, 0.6) is 0 Å². The van der Waals surface area contributed by atoms with Gasteiger partial charge in [0.25, 0.3) is 0 Å².